The molecule has 0 unspecified atom stereocenters. The van der Waals surface area contributed by atoms with Crippen LogP contribution in [0.2, 0.25) is 0 Å². The summed E-state index contributed by atoms with van der Waals surface area (Å²) >= 11 is 4.52. The van der Waals surface area contributed by atoms with Gasteiger partial charge in [0.25, 0.3) is 5.91 Å². The Balaban J connectivity index is 1.16. The van der Waals surface area contributed by atoms with Crippen molar-refractivity contribution < 1.29 is 19.0 Å². The molecule has 4 aromatic carbocycles. The number of halogens is 2. The molecule has 36 heavy (non-hydrogen) atoms. The average Bonchev–Trinajstić information content (AvgIpc) is 3.35. The van der Waals surface area contributed by atoms with Gasteiger partial charge in [0.1, 0.15) is 12.4 Å². The van der Waals surface area contributed by atoms with Gasteiger partial charge >= 0.3 is 0 Å². The summed E-state index contributed by atoms with van der Waals surface area (Å²) in [6.07, 6.45) is 1.62. The Bertz CT molecular complexity index is 1430. The second-order valence-corrected chi connectivity index (χ2v) is 10.3. The predicted molar refractivity (Wildman–Crippen MR) is 157 cm³/mol. The van der Waals surface area contributed by atoms with E-state index < -0.39 is 0 Å². The Labute approximate surface area is 235 Å². The lowest BCUT2D eigenvalue weighted by Gasteiger charge is -2.13. The molecular weight excluding hydrogens is 684 g/mol. The molecule has 1 amide bonds. The molecule has 0 fully saturated rings. The summed E-state index contributed by atoms with van der Waals surface area (Å²) in [4.78, 5) is 12.2. The Morgan fingerprint density at radius 3 is 2.61 bits per heavy atom. The van der Waals surface area contributed by atoms with Gasteiger partial charge in [-0.1, -0.05) is 42.5 Å². The predicted octanol–water partition coefficient (Wildman–Crippen LogP) is 5.92. The van der Waals surface area contributed by atoms with Crippen LogP contribution >= 0.6 is 45.2 Å². The van der Waals surface area contributed by atoms with E-state index in [-0.39, 0.29) is 19.2 Å². The molecule has 1 heterocycles. The number of anilines is 1. The van der Waals surface area contributed by atoms with Crippen molar-refractivity contribution in [2.24, 2.45) is 5.10 Å². The fourth-order valence-corrected chi connectivity index (χ4v) is 5.90. The van der Waals surface area contributed by atoms with Crippen LogP contribution in [0.15, 0.2) is 77.9 Å². The van der Waals surface area contributed by atoms with Gasteiger partial charge in [-0.15, -0.1) is 0 Å². The lowest BCUT2D eigenvalue weighted by Crippen LogP contribution is -2.25. The van der Waals surface area contributed by atoms with E-state index in [1.165, 1.54) is 10.8 Å². The van der Waals surface area contributed by atoms with Gasteiger partial charge in [0.05, 0.1) is 19.9 Å². The number of carbonyl (C=O) groups is 1. The van der Waals surface area contributed by atoms with E-state index in [2.05, 4.69) is 91.4 Å². The SMILES string of the molecule is O=C(CNc1ccc2c(c1)OCO2)N/N=C\c1cc(I)c(OCc2cccc3ccccc23)c(I)c1. The monoisotopic (exact) mass is 705 g/mol. The minimum Gasteiger partial charge on any atom is -0.487 e. The Hall–Kier alpha value is -3.06. The van der Waals surface area contributed by atoms with Crippen molar-refractivity contribution in [3.8, 4) is 17.2 Å². The van der Waals surface area contributed by atoms with E-state index in [0.717, 1.165) is 29.7 Å². The van der Waals surface area contributed by atoms with Crippen LogP contribution < -0.4 is 25.0 Å². The molecule has 0 atom stereocenters. The number of rotatable bonds is 8. The van der Waals surface area contributed by atoms with Crippen LogP contribution in [0.25, 0.3) is 10.8 Å². The molecule has 9 heteroatoms. The number of fused-ring (bicyclic) bond motifs is 2. The van der Waals surface area contributed by atoms with Gasteiger partial charge in [-0.05, 0) is 91.3 Å². The highest BCUT2D eigenvalue weighted by Gasteiger charge is 2.13. The first-order valence-electron chi connectivity index (χ1n) is 11.1. The number of hydrogen-bond donors (Lipinski definition) is 2. The first-order valence-corrected chi connectivity index (χ1v) is 13.3. The summed E-state index contributed by atoms with van der Waals surface area (Å²) in [7, 11) is 0. The fraction of sp³-hybridized carbons (Fsp3) is 0.111. The second-order valence-electron chi connectivity index (χ2n) is 7.96. The van der Waals surface area contributed by atoms with Crippen LogP contribution in [-0.4, -0.2) is 25.5 Å². The molecule has 7 nitrogen and oxygen atoms in total. The average molecular weight is 705 g/mol. The molecule has 5 rings (SSSR count). The zero-order valence-corrected chi connectivity index (χ0v) is 23.3. The van der Waals surface area contributed by atoms with E-state index >= 15 is 0 Å². The van der Waals surface area contributed by atoms with E-state index in [1.807, 2.05) is 30.3 Å². The molecule has 1 aliphatic rings. The van der Waals surface area contributed by atoms with Crippen LogP contribution in [0, 0.1) is 7.14 Å². The number of ether oxygens (including phenoxy) is 3. The molecule has 1 aliphatic heterocycles. The quantitative estimate of drug-likeness (QED) is 0.135. The molecule has 2 N–H and O–H groups in total. The van der Waals surface area contributed by atoms with E-state index in [4.69, 9.17) is 14.2 Å². The number of amides is 1. The molecule has 0 spiro atoms. The van der Waals surface area contributed by atoms with E-state index in [1.54, 1.807) is 18.3 Å². The van der Waals surface area contributed by atoms with Crippen molar-refractivity contribution in [1.29, 1.82) is 0 Å². The third kappa shape index (κ3) is 5.84. The number of carbonyl (C=O) groups excluding carboxylic acids is 1. The molecule has 0 saturated heterocycles. The summed E-state index contributed by atoms with van der Waals surface area (Å²) in [6, 6.07) is 23.9. The maximum atomic E-state index is 12.2. The van der Waals surface area contributed by atoms with Crippen LogP contribution in [0.5, 0.6) is 17.2 Å². The van der Waals surface area contributed by atoms with Gasteiger partial charge in [0, 0.05) is 11.8 Å². The van der Waals surface area contributed by atoms with Gasteiger partial charge in [-0.3, -0.25) is 4.79 Å². The summed E-state index contributed by atoms with van der Waals surface area (Å²) in [6.45, 7) is 0.767. The number of hydrazone groups is 1. The van der Waals surface area contributed by atoms with Gasteiger partial charge in [0.15, 0.2) is 11.5 Å². The van der Waals surface area contributed by atoms with Crippen molar-refractivity contribution in [2.45, 2.75) is 6.61 Å². The highest BCUT2D eigenvalue weighted by molar-refractivity contribution is 14.1. The van der Waals surface area contributed by atoms with Crippen molar-refractivity contribution in [1.82, 2.24) is 5.43 Å². The molecule has 0 aliphatic carbocycles. The van der Waals surface area contributed by atoms with Crippen LogP contribution in [0.3, 0.4) is 0 Å². The van der Waals surface area contributed by atoms with Gasteiger partial charge in [0.2, 0.25) is 6.79 Å². The molecule has 0 aromatic heterocycles. The van der Waals surface area contributed by atoms with E-state index in [0.29, 0.717) is 18.1 Å². The van der Waals surface area contributed by atoms with Crippen molar-refractivity contribution >= 4 is 73.8 Å². The highest BCUT2D eigenvalue weighted by Crippen LogP contribution is 2.34. The van der Waals surface area contributed by atoms with Crippen molar-refractivity contribution in [3.05, 3.63) is 91.1 Å². The molecule has 0 saturated carbocycles. The zero-order chi connectivity index (χ0) is 24.9. The van der Waals surface area contributed by atoms with Crippen LogP contribution in [0.4, 0.5) is 5.69 Å². The van der Waals surface area contributed by atoms with E-state index in [9.17, 15) is 4.79 Å². The zero-order valence-electron chi connectivity index (χ0n) is 19.0. The first-order chi connectivity index (χ1) is 17.6. The Kier molecular flexibility index (Phi) is 7.75. The lowest BCUT2D eigenvalue weighted by atomic mass is 10.1. The number of nitrogens with one attached hydrogen (secondary N) is 2. The summed E-state index contributed by atoms with van der Waals surface area (Å²) < 4.78 is 18.8. The smallest absolute Gasteiger partial charge is 0.259 e. The van der Waals surface area contributed by atoms with Crippen molar-refractivity contribution in [2.75, 3.05) is 18.7 Å². The Morgan fingerprint density at radius 1 is 0.972 bits per heavy atom. The maximum absolute atomic E-state index is 12.2. The lowest BCUT2D eigenvalue weighted by molar-refractivity contribution is -0.119. The fourth-order valence-electron chi connectivity index (χ4n) is 3.77. The number of hydrogen-bond acceptors (Lipinski definition) is 6. The van der Waals surface area contributed by atoms with Crippen LogP contribution in [0.1, 0.15) is 11.1 Å². The number of nitrogens with zero attached hydrogens (tertiary/aromatic N) is 1. The molecule has 0 radical (unpaired) electrons. The standard InChI is InChI=1S/C27H21I2N3O4/c28-22-10-17(13-31-32-26(33)14-30-20-8-9-24-25(12-20)36-16-35-24)11-23(29)27(22)34-15-19-6-3-5-18-4-1-2-7-21(18)19/h1-13,30H,14-16H2,(H,32,33)/b31-13-. The largest absolute Gasteiger partial charge is 0.487 e. The molecule has 4 aromatic rings. The third-order valence-corrected chi connectivity index (χ3v) is 7.10. The normalized spacial score (nSPS) is 12.2. The van der Waals surface area contributed by atoms with Crippen molar-refractivity contribution in [3.63, 3.8) is 0 Å². The Morgan fingerprint density at radius 2 is 1.75 bits per heavy atom. The summed E-state index contributed by atoms with van der Waals surface area (Å²) in [5, 5.41) is 9.53. The first kappa shape index (κ1) is 24.6. The molecule has 182 valence electrons. The topological polar surface area (TPSA) is 81.2 Å². The third-order valence-electron chi connectivity index (χ3n) is 5.50. The van der Waals surface area contributed by atoms with Gasteiger partial charge in [-0.2, -0.15) is 5.10 Å². The highest BCUT2D eigenvalue weighted by atomic mass is 127. The second kappa shape index (κ2) is 11.3. The maximum Gasteiger partial charge on any atom is 0.259 e. The summed E-state index contributed by atoms with van der Waals surface area (Å²) in [5.41, 5.74) is 5.32. The molecular formula is C27H21I2N3O4. The summed E-state index contributed by atoms with van der Waals surface area (Å²) in [5.74, 6) is 1.93. The van der Waals surface area contributed by atoms with Gasteiger partial charge in [-0.25, -0.2) is 5.43 Å². The minimum atomic E-state index is -0.261. The van der Waals surface area contributed by atoms with Crippen LogP contribution in [-0.2, 0) is 11.4 Å². The number of benzene rings is 4. The van der Waals surface area contributed by atoms with Gasteiger partial charge < -0.3 is 19.5 Å². The molecule has 0 bridgehead atoms. The minimum absolute atomic E-state index is 0.0764.